The Labute approximate surface area is 124 Å². The summed E-state index contributed by atoms with van der Waals surface area (Å²) in [6.07, 6.45) is 8.82. The normalized spacial score (nSPS) is 31.5. The molecule has 2 heterocycles. The summed E-state index contributed by atoms with van der Waals surface area (Å²) in [4.78, 5) is 16.5. The Bertz CT molecular complexity index is 341. The highest BCUT2D eigenvalue weighted by Crippen LogP contribution is 2.39. The van der Waals surface area contributed by atoms with Gasteiger partial charge in [-0.15, -0.1) is 0 Å². The molecule has 19 heavy (non-hydrogen) atoms. The maximum Gasteiger partial charge on any atom is 0.222 e. The Morgan fingerprint density at radius 2 is 2.00 bits per heavy atom. The summed E-state index contributed by atoms with van der Waals surface area (Å²) in [5.41, 5.74) is 0.503. The van der Waals surface area contributed by atoms with Gasteiger partial charge in [0.25, 0.3) is 0 Å². The summed E-state index contributed by atoms with van der Waals surface area (Å²) in [5, 5.41) is 1.14. The van der Waals surface area contributed by atoms with Crippen molar-refractivity contribution in [2.75, 3.05) is 31.5 Å². The third-order valence-corrected chi connectivity index (χ3v) is 6.52. The van der Waals surface area contributed by atoms with Crippen molar-refractivity contribution in [1.82, 2.24) is 9.80 Å². The lowest BCUT2D eigenvalue weighted by Crippen LogP contribution is -2.54. The molecule has 0 spiro atoms. The molecule has 2 saturated heterocycles. The van der Waals surface area contributed by atoms with Gasteiger partial charge < -0.3 is 4.90 Å². The molecule has 3 fully saturated rings. The largest absolute Gasteiger partial charge is 0.337 e. The van der Waals surface area contributed by atoms with Gasteiger partial charge in [0, 0.05) is 44.0 Å². The maximum atomic E-state index is 11.7. The molecule has 1 unspecified atom stereocenters. The van der Waals surface area contributed by atoms with E-state index in [2.05, 4.69) is 25.7 Å². The van der Waals surface area contributed by atoms with Gasteiger partial charge in [-0.25, -0.2) is 0 Å². The van der Waals surface area contributed by atoms with E-state index in [9.17, 15) is 4.79 Å². The first-order chi connectivity index (χ1) is 9.22. The summed E-state index contributed by atoms with van der Waals surface area (Å²) in [5.74, 6) is 0.387. The Morgan fingerprint density at radius 1 is 1.21 bits per heavy atom. The van der Waals surface area contributed by atoms with E-state index in [1.807, 2.05) is 0 Å². The fourth-order valence-electron chi connectivity index (χ4n) is 4.18. The average Bonchev–Trinajstić information content (AvgIpc) is 2.81. The van der Waals surface area contributed by atoms with E-state index in [1.165, 1.54) is 38.6 Å². The molecule has 0 N–H and O–H groups in total. The van der Waals surface area contributed by atoms with Crippen molar-refractivity contribution in [2.45, 2.75) is 51.0 Å². The zero-order valence-corrected chi connectivity index (χ0v) is 13.3. The van der Waals surface area contributed by atoms with E-state index in [1.54, 1.807) is 0 Å². The third kappa shape index (κ3) is 2.85. The first-order valence-corrected chi connectivity index (χ1v) is 8.92. The van der Waals surface area contributed by atoms with E-state index >= 15 is 0 Å². The lowest BCUT2D eigenvalue weighted by Gasteiger charge is -2.44. The van der Waals surface area contributed by atoms with E-state index in [-0.39, 0.29) is 0 Å². The Morgan fingerprint density at radius 3 is 2.74 bits per heavy atom. The second-order valence-electron chi connectivity index (χ2n) is 6.71. The molecule has 0 aromatic heterocycles. The number of alkyl halides is 1. The van der Waals surface area contributed by atoms with Crippen LogP contribution in [0.15, 0.2) is 0 Å². The number of nitrogens with zero attached hydrogens (tertiary/aromatic N) is 2. The second-order valence-corrected chi connectivity index (χ2v) is 7.27. The molecular formula is C15H25BrN2O. The standard InChI is InChI=1S/C15H25BrN2O/c16-11-15(6-2-1-3-7-15)12-17-8-9-18-13(10-17)4-5-14(18)19/h13H,1-12H2. The van der Waals surface area contributed by atoms with Gasteiger partial charge >= 0.3 is 0 Å². The molecule has 0 radical (unpaired) electrons. The minimum Gasteiger partial charge on any atom is -0.337 e. The quantitative estimate of drug-likeness (QED) is 0.743. The SMILES string of the molecule is O=C1CCC2CN(CC3(CBr)CCCCC3)CCN12. The molecule has 0 aromatic carbocycles. The Hall–Kier alpha value is -0.0900. The van der Waals surface area contributed by atoms with Crippen LogP contribution < -0.4 is 0 Å². The van der Waals surface area contributed by atoms with Crippen LogP contribution in [-0.2, 0) is 4.79 Å². The van der Waals surface area contributed by atoms with E-state index in [0.717, 1.165) is 37.8 Å². The van der Waals surface area contributed by atoms with Crippen LogP contribution in [-0.4, -0.2) is 53.3 Å². The highest BCUT2D eigenvalue weighted by molar-refractivity contribution is 9.09. The molecule has 3 rings (SSSR count). The fraction of sp³-hybridized carbons (Fsp3) is 0.933. The van der Waals surface area contributed by atoms with E-state index in [4.69, 9.17) is 0 Å². The molecule has 0 bridgehead atoms. The third-order valence-electron chi connectivity index (χ3n) is 5.34. The molecule has 0 aromatic rings. The number of carbonyl (C=O) groups excluding carboxylic acids is 1. The smallest absolute Gasteiger partial charge is 0.222 e. The number of rotatable bonds is 3. The van der Waals surface area contributed by atoms with Crippen LogP contribution in [0.25, 0.3) is 0 Å². The van der Waals surface area contributed by atoms with Crippen LogP contribution in [0.2, 0.25) is 0 Å². The fourth-order valence-corrected chi connectivity index (χ4v) is 4.92. The maximum absolute atomic E-state index is 11.7. The summed E-state index contributed by atoms with van der Waals surface area (Å²) < 4.78 is 0. The first-order valence-electron chi connectivity index (χ1n) is 7.80. The number of fused-ring (bicyclic) bond motifs is 1. The number of halogens is 1. The van der Waals surface area contributed by atoms with Gasteiger partial charge in [-0.05, 0) is 24.7 Å². The molecule has 1 amide bonds. The Kier molecular flexibility index (Phi) is 4.18. The van der Waals surface area contributed by atoms with E-state index in [0.29, 0.717) is 17.4 Å². The van der Waals surface area contributed by atoms with Gasteiger partial charge in [0.05, 0.1) is 0 Å². The van der Waals surface area contributed by atoms with Crippen molar-refractivity contribution in [3.05, 3.63) is 0 Å². The molecule has 3 aliphatic rings. The van der Waals surface area contributed by atoms with Crippen LogP contribution in [0.4, 0.5) is 0 Å². The summed E-state index contributed by atoms with van der Waals surface area (Å²) in [6.45, 7) is 4.39. The van der Waals surface area contributed by atoms with Crippen LogP contribution in [0.5, 0.6) is 0 Å². The lowest BCUT2D eigenvalue weighted by molar-refractivity contribution is -0.130. The summed E-state index contributed by atoms with van der Waals surface area (Å²) in [7, 11) is 0. The monoisotopic (exact) mass is 328 g/mol. The molecule has 3 nitrogen and oxygen atoms in total. The van der Waals surface area contributed by atoms with Crippen LogP contribution in [0, 0.1) is 5.41 Å². The number of piperazine rings is 1. The minimum absolute atomic E-state index is 0.387. The number of hydrogen-bond donors (Lipinski definition) is 0. The number of hydrogen-bond acceptors (Lipinski definition) is 2. The van der Waals surface area contributed by atoms with Crippen molar-refractivity contribution in [3.8, 4) is 0 Å². The van der Waals surface area contributed by atoms with Crippen molar-refractivity contribution < 1.29 is 4.79 Å². The molecule has 1 aliphatic carbocycles. The van der Waals surface area contributed by atoms with E-state index < -0.39 is 0 Å². The molecule has 2 aliphatic heterocycles. The molecule has 1 atom stereocenters. The van der Waals surface area contributed by atoms with Gasteiger partial charge in [-0.2, -0.15) is 0 Å². The highest BCUT2D eigenvalue weighted by atomic mass is 79.9. The summed E-state index contributed by atoms with van der Waals surface area (Å²) in [6, 6.07) is 0.511. The Balaban J connectivity index is 1.59. The molecule has 1 saturated carbocycles. The zero-order chi connectivity index (χ0) is 13.3. The van der Waals surface area contributed by atoms with Crippen molar-refractivity contribution in [3.63, 3.8) is 0 Å². The van der Waals surface area contributed by atoms with Crippen LogP contribution >= 0.6 is 15.9 Å². The van der Waals surface area contributed by atoms with Crippen molar-refractivity contribution >= 4 is 21.8 Å². The van der Waals surface area contributed by atoms with Gasteiger partial charge in [0.2, 0.25) is 5.91 Å². The highest BCUT2D eigenvalue weighted by Gasteiger charge is 2.39. The predicted molar refractivity (Wildman–Crippen MR) is 80.5 cm³/mol. The topological polar surface area (TPSA) is 23.6 Å². The second kappa shape index (κ2) is 5.72. The van der Waals surface area contributed by atoms with Gasteiger partial charge in [-0.3, -0.25) is 9.69 Å². The number of carbonyl (C=O) groups is 1. The van der Waals surface area contributed by atoms with Crippen LogP contribution in [0.3, 0.4) is 0 Å². The molecule has 4 heteroatoms. The summed E-state index contributed by atoms with van der Waals surface area (Å²) >= 11 is 3.77. The lowest BCUT2D eigenvalue weighted by atomic mass is 9.75. The van der Waals surface area contributed by atoms with Gasteiger partial charge in [0.1, 0.15) is 0 Å². The zero-order valence-electron chi connectivity index (χ0n) is 11.7. The number of amides is 1. The molecular weight excluding hydrogens is 304 g/mol. The molecule has 108 valence electrons. The van der Waals surface area contributed by atoms with Crippen LogP contribution in [0.1, 0.15) is 44.9 Å². The van der Waals surface area contributed by atoms with Crippen molar-refractivity contribution in [1.29, 1.82) is 0 Å². The predicted octanol–water partition coefficient (Wildman–Crippen LogP) is 2.64. The van der Waals surface area contributed by atoms with Gasteiger partial charge in [0.15, 0.2) is 0 Å². The average molecular weight is 329 g/mol. The van der Waals surface area contributed by atoms with Crippen molar-refractivity contribution in [2.24, 2.45) is 5.41 Å². The van der Waals surface area contributed by atoms with Gasteiger partial charge in [-0.1, -0.05) is 35.2 Å². The minimum atomic E-state index is 0.387. The first kappa shape index (κ1) is 13.9.